The quantitative estimate of drug-likeness (QED) is 0.0187. The Morgan fingerprint density at radius 3 is 2.25 bits per heavy atom. The van der Waals surface area contributed by atoms with E-state index >= 15 is 4.39 Å². The number of fused-ring (bicyclic) bond motifs is 5. The zero-order valence-corrected chi connectivity index (χ0v) is 52.4. The van der Waals surface area contributed by atoms with Crippen LogP contribution in [0.1, 0.15) is 124 Å². The Balaban J connectivity index is 0.958. The van der Waals surface area contributed by atoms with Gasteiger partial charge in [-0.05, 0) is 119 Å². The molecular formula is C60H76F3N12O16P. The van der Waals surface area contributed by atoms with Crippen LogP contribution in [0.2, 0.25) is 0 Å². The average Bonchev–Trinajstić information content (AvgIpc) is 1.44. The first-order valence-electron chi connectivity index (χ1n) is 30.1. The van der Waals surface area contributed by atoms with Gasteiger partial charge in [-0.15, -0.1) is 0 Å². The predicted molar refractivity (Wildman–Crippen MR) is 323 cm³/mol. The number of unbranched alkanes of at least 4 members (excludes halogenated alkanes) is 1. The number of alkyl halides is 2. The summed E-state index contributed by atoms with van der Waals surface area (Å²) >= 11 is 0. The van der Waals surface area contributed by atoms with Crippen LogP contribution >= 0.6 is 7.82 Å². The second-order valence-corrected chi connectivity index (χ2v) is 25.0. The van der Waals surface area contributed by atoms with Gasteiger partial charge in [0.25, 0.3) is 11.5 Å². The molecule has 4 aliphatic rings. The van der Waals surface area contributed by atoms with Crippen molar-refractivity contribution in [3.05, 3.63) is 91.5 Å². The molecule has 92 heavy (non-hydrogen) atoms. The first-order valence-corrected chi connectivity index (χ1v) is 31.6. The fourth-order valence-electron chi connectivity index (χ4n) is 11.7. The lowest BCUT2D eigenvalue weighted by Crippen LogP contribution is -2.59. The maximum Gasteiger partial charge on any atom is 0.473 e. The standard InChI is InChI=1S/C60H76F3N12O16P/c1-7-60(36-23-44-49-34(26-75(44)56(82)35(36)28-89-58(60)84)47-39(70-55(81)50(62)63)18-17-33-30(4)37(61)24-42(69-49)46(33)47)91-92(86,87)90-27-31-13-15-32(16-14-31)67-52(78)40(12-10-20-66-59(65)85)71-54(80)48(29(2)3)73-53(79)43(25-45(76)68-41-19-22-88-57(41)83)72-51(77)38(64)11-8-9-21-74(5)6/h13-16,23-24,29,38-41,43,48,50H,7-12,17-22,25-28,64H2,1-6H3,(H,67,78)(H,68,76)(H,70,81)(H,71,80)(H,72,77)(H,73,79)(H,86,87)(H3,65,66,85)/t38-,39-,40-,41-,43-,48-,60-/m0/s1. The maximum atomic E-state index is 15.5. The molecular weight excluding hydrogens is 1230 g/mol. The third-order valence-electron chi connectivity index (χ3n) is 16.6. The van der Waals surface area contributed by atoms with E-state index in [0.717, 1.165) is 13.0 Å². The van der Waals surface area contributed by atoms with Gasteiger partial charge in [-0.2, -0.15) is 8.78 Å². The Kier molecular flexibility index (Phi) is 22.3. The number of phosphoric acid groups is 1. The predicted octanol–water partition coefficient (Wildman–Crippen LogP) is 2.62. The van der Waals surface area contributed by atoms with Crippen molar-refractivity contribution in [2.24, 2.45) is 17.4 Å². The lowest BCUT2D eigenvalue weighted by atomic mass is 9.81. The summed E-state index contributed by atoms with van der Waals surface area (Å²) in [4.78, 5) is 151. The van der Waals surface area contributed by atoms with Crippen molar-refractivity contribution in [1.29, 1.82) is 0 Å². The summed E-state index contributed by atoms with van der Waals surface area (Å²) in [6.07, 6.45) is -2.27. The Morgan fingerprint density at radius 2 is 1.60 bits per heavy atom. The van der Waals surface area contributed by atoms with Gasteiger partial charge < -0.3 is 72.5 Å². The number of amides is 8. The third-order valence-corrected chi connectivity index (χ3v) is 17.6. The summed E-state index contributed by atoms with van der Waals surface area (Å²) < 4.78 is 79.6. The molecule has 1 fully saturated rings. The summed E-state index contributed by atoms with van der Waals surface area (Å²) in [5.41, 5.74) is 10.3. The number of phosphoric ester groups is 1. The molecule has 5 heterocycles. The van der Waals surface area contributed by atoms with Crippen molar-refractivity contribution in [1.82, 2.24) is 46.4 Å². The third kappa shape index (κ3) is 15.9. The Hall–Kier alpha value is -8.35. The Morgan fingerprint density at radius 1 is 0.880 bits per heavy atom. The fourth-order valence-corrected chi connectivity index (χ4v) is 12.7. The van der Waals surface area contributed by atoms with E-state index < -0.39 is 146 Å². The van der Waals surface area contributed by atoms with E-state index in [0.29, 0.717) is 34.1 Å². The number of hydrogen-bond acceptors (Lipinski definition) is 18. The maximum absolute atomic E-state index is 15.5. The monoisotopic (exact) mass is 1310 g/mol. The number of ether oxygens (including phenoxy) is 2. The van der Waals surface area contributed by atoms with E-state index in [9.17, 15) is 66.2 Å². The summed E-state index contributed by atoms with van der Waals surface area (Å²) in [7, 11) is -1.54. The lowest BCUT2D eigenvalue weighted by molar-refractivity contribution is -0.171. The van der Waals surface area contributed by atoms with E-state index in [2.05, 4.69) is 37.2 Å². The summed E-state index contributed by atoms with van der Waals surface area (Å²) in [5.74, 6) is -8.70. The fraction of sp³-hybridized carbons (Fsp3) is 0.517. The minimum Gasteiger partial charge on any atom is -0.464 e. The van der Waals surface area contributed by atoms with Crippen molar-refractivity contribution in [3.8, 4) is 11.4 Å². The number of aryl methyl sites for hydroxylation is 1. The summed E-state index contributed by atoms with van der Waals surface area (Å²) in [5, 5.41) is 18.2. The number of halogens is 3. The Bertz CT molecular complexity index is 3670. The second kappa shape index (κ2) is 29.5. The molecule has 8 amide bonds. The number of esters is 2. The number of primary amides is 1. The van der Waals surface area contributed by atoms with Crippen LogP contribution < -0.4 is 54.2 Å². The largest absolute Gasteiger partial charge is 0.473 e. The highest BCUT2D eigenvalue weighted by molar-refractivity contribution is 7.47. The molecule has 0 spiro atoms. The minimum atomic E-state index is -5.33. The van der Waals surface area contributed by atoms with Crippen LogP contribution in [0, 0.1) is 18.7 Å². The van der Waals surface area contributed by atoms with Gasteiger partial charge in [0.2, 0.25) is 35.1 Å². The van der Waals surface area contributed by atoms with Gasteiger partial charge >= 0.3 is 32.2 Å². The number of nitrogens with two attached hydrogens (primary N) is 2. The molecule has 3 aliphatic heterocycles. The normalized spacial score (nSPS) is 19.1. The molecule has 1 unspecified atom stereocenters. The Labute approximate surface area is 526 Å². The number of pyridine rings is 2. The van der Waals surface area contributed by atoms with Crippen molar-refractivity contribution in [2.75, 3.05) is 39.1 Å². The van der Waals surface area contributed by atoms with E-state index in [1.54, 1.807) is 20.8 Å². The number of benzene rings is 2. The molecule has 8 atom stereocenters. The number of hydrogen-bond donors (Lipinski definition) is 10. The van der Waals surface area contributed by atoms with Crippen molar-refractivity contribution in [3.63, 3.8) is 0 Å². The van der Waals surface area contributed by atoms with Crippen molar-refractivity contribution in [2.45, 2.75) is 160 Å². The molecule has 2 aromatic carbocycles. The molecule has 32 heteroatoms. The van der Waals surface area contributed by atoms with Gasteiger partial charge in [0, 0.05) is 41.2 Å². The molecule has 1 saturated heterocycles. The highest BCUT2D eigenvalue weighted by Crippen LogP contribution is 2.55. The van der Waals surface area contributed by atoms with E-state index in [-0.39, 0.29) is 104 Å². The average molecular weight is 1310 g/mol. The number of carbonyl (C=O) groups excluding carboxylic acids is 9. The van der Waals surface area contributed by atoms with Crippen LogP contribution in [0.4, 0.5) is 23.7 Å². The number of aromatic nitrogens is 2. The zero-order valence-electron chi connectivity index (χ0n) is 51.5. The van der Waals surface area contributed by atoms with Gasteiger partial charge in [0.15, 0.2) is 0 Å². The van der Waals surface area contributed by atoms with E-state index in [1.807, 2.05) is 19.0 Å². The van der Waals surface area contributed by atoms with Crippen LogP contribution in [0.25, 0.3) is 22.3 Å². The first kappa shape index (κ1) is 69.5. The number of nitrogens with zero attached hydrogens (tertiary/aromatic N) is 3. The van der Waals surface area contributed by atoms with Crippen molar-refractivity contribution < 1.29 is 84.3 Å². The van der Waals surface area contributed by atoms with Gasteiger partial charge in [0.05, 0.1) is 60.7 Å². The number of anilines is 1. The number of nitrogens with one attached hydrogen (secondary N) is 7. The number of cyclic esters (lactones) is 2. The summed E-state index contributed by atoms with van der Waals surface area (Å²) in [6, 6.07) is -0.0236. The van der Waals surface area contributed by atoms with Crippen LogP contribution in [-0.4, -0.2) is 143 Å². The van der Waals surface area contributed by atoms with Crippen LogP contribution in [0.5, 0.6) is 0 Å². The van der Waals surface area contributed by atoms with Gasteiger partial charge in [-0.3, -0.25) is 42.6 Å². The highest BCUT2D eigenvalue weighted by Gasteiger charge is 2.53. The zero-order chi connectivity index (χ0) is 67.1. The van der Waals surface area contributed by atoms with Crippen LogP contribution in [0.15, 0.2) is 41.2 Å². The molecule has 28 nitrogen and oxygen atoms in total. The topological polar surface area (TPSA) is 402 Å². The molecule has 12 N–H and O–H groups in total. The lowest BCUT2D eigenvalue weighted by Gasteiger charge is -2.36. The molecule has 0 saturated carbocycles. The molecule has 0 bridgehead atoms. The first-order chi connectivity index (χ1) is 43.5. The highest BCUT2D eigenvalue weighted by atomic mass is 31.2. The number of urea groups is 1. The second-order valence-electron chi connectivity index (χ2n) is 23.7. The molecule has 0 radical (unpaired) electrons. The molecule has 8 rings (SSSR count). The van der Waals surface area contributed by atoms with Crippen molar-refractivity contribution >= 4 is 77.8 Å². The number of rotatable bonds is 29. The summed E-state index contributed by atoms with van der Waals surface area (Å²) in [6.45, 7) is 5.62. The van der Waals surface area contributed by atoms with Crippen LogP contribution in [-0.2, 0) is 93.2 Å². The minimum absolute atomic E-state index is 0.00765. The molecule has 4 aromatic rings. The van der Waals surface area contributed by atoms with E-state index in [4.69, 9.17) is 35.0 Å². The van der Waals surface area contributed by atoms with Gasteiger partial charge in [-0.25, -0.2) is 28.3 Å². The van der Waals surface area contributed by atoms with Crippen LogP contribution in [0.3, 0.4) is 0 Å². The smallest absolute Gasteiger partial charge is 0.464 e. The number of carbonyl (C=O) groups is 9. The van der Waals surface area contributed by atoms with E-state index in [1.165, 1.54) is 47.9 Å². The van der Waals surface area contributed by atoms with Gasteiger partial charge in [0.1, 0.15) is 36.6 Å². The van der Waals surface area contributed by atoms with Gasteiger partial charge in [-0.1, -0.05) is 39.3 Å². The SMILES string of the molecule is CC[C@@]1(OP(=O)(O)OCc2ccc(NC(=O)[C@H](CCCNC(N)=O)NC(=O)[C@@H](NC(=O)[C@H](CC(=O)N[C@H]3CCOC3=O)NC(=O)[C@@H](N)CCCCN(C)C)C(C)C)cc2)C(=O)OCc2c1cc1n(c2=O)Cc2c-1nc1cc(F)c(C)c3c1c2[C@@H](NC(=O)C(F)F)CC3. The molecule has 1 aliphatic carbocycles. The molecule has 498 valence electrons. The molecule has 2 aromatic heterocycles.